The minimum atomic E-state index is 0.687. The summed E-state index contributed by atoms with van der Waals surface area (Å²) in [5.41, 5.74) is 1.10. The maximum absolute atomic E-state index is 6.10. The van der Waals surface area contributed by atoms with E-state index in [1.54, 1.807) is 0 Å². The quantitative estimate of drug-likeness (QED) is 0.822. The van der Waals surface area contributed by atoms with Gasteiger partial charge in [0.15, 0.2) is 0 Å². The molecule has 3 heteroatoms. The van der Waals surface area contributed by atoms with E-state index in [-0.39, 0.29) is 0 Å². The maximum Gasteiger partial charge on any atom is 0.0452 e. The van der Waals surface area contributed by atoms with Crippen LogP contribution >= 0.6 is 23.2 Å². The normalized spacial score (nSPS) is 21.4. The summed E-state index contributed by atoms with van der Waals surface area (Å²) in [6.07, 6.45) is 2.22. The lowest BCUT2D eigenvalue weighted by Crippen LogP contribution is -2.11. The molecule has 1 atom stereocenters. The van der Waals surface area contributed by atoms with Gasteiger partial charge in [0.2, 0.25) is 0 Å². The van der Waals surface area contributed by atoms with E-state index in [4.69, 9.17) is 23.2 Å². The second-order valence-corrected chi connectivity index (χ2v) is 4.58. The van der Waals surface area contributed by atoms with Crippen molar-refractivity contribution in [3.63, 3.8) is 0 Å². The molecule has 1 fully saturated rings. The standard InChI is InChI=1S/C11H13Cl2N/c12-10-2-1-3-11(13)9(10)6-8-4-5-14-7-8/h1-3,8,14H,4-7H2. The molecule has 0 saturated carbocycles. The predicted octanol–water partition coefficient (Wildman–Crippen LogP) is 3.15. The molecule has 1 heterocycles. The number of benzene rings is 1. The molecule has 0 aliphatic carbocycles. The topological polar surface area (TPSA) is 12.0 Å². The lowest BCUT2D eigenvalue weighted by Gasteiger charge is -2.11. The molecule has 0 bridgehead atoms. The number of rotatable bonds is 2. The SMILES string of the molecule is Clc1cccc(Cl)c1CC1CCNC1. The third-order valence-corrected chi connectivity index (χ3v) is 3.43. The Morgan fingerprint density at radius 2 is 2.00 bits per heavy atom. The van der Waals surface area contributed by atoms with Crippen LogP contribution in [0.5, 0.6) is 0 Å². The van der Waals surface area contributed by atoms with E-state index in [0.717, 1.165) is 35.1 Å². The van der Waals surface area contributed by atoms with Crippen molar-refractivity contribution in [2.45, 2.75) is 12.8 Å². The average molecular weight is 230 g/mol. The van der Waals surface area contributed by atoms with Gasteiger partial charge in [0, 0.05) is 10.0 Å². The summed E-state index contributed by atoms with van der Waals surface area (Å²) in [6, 6.07) is 5.71. The molecule has 1 aliphatic rings. The largest absolute Gasteiger partial charge is 0.316 e. The minimum Gasteiger partial charge on any atom is -0.316 e. The average Bonchev–Trinajstić information content (AvgIpc) is 2.64. The molecule has 1 unspecified atom stereocenters. The minimum absolute atomic E-state index is 0.687. The molecule has 1 saturated heterocycles. The van der Waals surface area contributed by atoms with E-state index in [1.165, 1.54) is 6.42 Å². The number of hydrogen-bond donors (Lipinski definition) is 1. The molecular formula is C11H13Cl2N. The number of nitrogens with one attached hydrogen (secondary N) is 1. The van der Waals surface area contributed by atoms with Gasteiger partial charge in [-0.15, -0.1) is 0 Å². The summed E-state index contributed by atoms with van der Waals surface area (Å²) < 4.78 is 0. The third kappa shape index (κ3) is 2.22. The first kappa shape index (κ1) is 10.3. The Morgan fingerprint density at radius 3 is 2.57 bits per heavy atom. The summed E-state index contributed by atoms with van der Waals surface area (Å²) in [7, 11) is 0. The molecule has 1 aliphatic heterocycles. The van der Waals surface area contributed by atoms with Crippen LogP contribution in [0.15, 0.2) is 18.2 Å². The van der Waals surface area contributed by atoms with Crippen molar-refractivity contribution in [3.8, 4) is 0 Å². The van der Waals surface area contributed by atoms with Gasteiger partial charge in [-0.1, -0.05) is 29.3 Å². The summed E-state index contributed by atoms with van der Waals surface area (Å²) in [4.78, 5) is 0. The van der Waals surface area contributed by atoms with Crippen LogP contribution in [0.4, 0.5) is 0 Å². The highest BCUT2D eigenvalue weighted by Gasteiger charge is 2.17. The third-order valence-electron chi connectivity index (χ3n) is 2.72. The second kappa shape index (κ2) is 4.52. The summed E-state index contributed by atoms with van der Waals surface area (Å²) >= 11 is 12.2. The van der Waals surface area contributed by atoms with Crippen molar-refractivity contribution in [2.24, 2.45) is 5.92 Å². The fraction of sp³-hybridized carbons (Fsp3) is 0.455. The number of hydrogen-bond acceptors (Lipinski definition) is 1. The van der Waals surface area contributed by atoms with Crippen molar-refractivity contribution < 1.29 is 0 Å². The molecular weight excluding hydrogens is 217 g/mol. The van der Waals surface area contributed by atoms with Crippen LogP contribution in [0.2, 0.25) is 10.0 Å². The molecule has 0 amide bonds. The zero-order chi connectivity index (χ0) is 9.97. The Morgan fingerprint density at radius 1 is 1.29 bits per heavy atom. The lowest BCUT2D eigenvalue weighted by molar-refractivity contribution is 0.580. The van der Waals surface area contributed by atoms with Crippen molar-refractivity contribution in [2.75, 3.05) is 13.1 Å². The maximum atomic E-state index is 6.10. The van der Waals surface area contributed by atoms with Crippen molar-refractivity contribution >= 4 is 23.2 Å². The fourth-order valence-electron chi connectivity index (χ4n) is 1.90. The Kier molecular flexibility index (Phi) is 3.32. The van der Waals surface area contributed by atoms with E-state index in [2.05, 4.69) is 5.32 Å². The van der Waals surface area contributed by atoms with E-state index >= 15 is 0 Å². The van der Waals surface area contributed by atoms with E-state index < -0.39 is 0 Å². The van der Waals surface area contributed by atoms with Crippen LogP contribution < -0.4 is 5.32 Å². The monoisotopic (exact) mass is 229 g/mol. The molecule has 76 valence electrons. The first-order valence-electron chi connectivity index (χ1n) is 4.91. The highest BCUT2D eigenvalue weighted by molar-refractivity contribution is 6.35. The molecule has 0 aromatic heterocycles. The lowest BCUT2D eigenvalue weighted by atomic mass is 9.99. The zero-order valence-electron chi connectivity index (χ0n) is 7.89. The molecule has 0 spiro atoms. The Balaban J connectivity index is 2.14. The first-order chi connectivity index (χ1) is 6.77. The van der Waals surface area contributed by atoms with Gasteiger partial charge in [-0.3, -0.25) is 0 Å². The first-order valence-corrected chi connectivity index (χ1v) is 5.66. The molecule has 1 aromatic rings. The van der Waals surface area contributed by atoms with Crippen LogP contribution in [0.1, 0.15) is 12.0 Å². The van der Waals surface area contributed by atoms with Gasteiger partial charge in [-0.25, -0.2) is 0 Å². The smallest absolute Gasteiger partial charge is 0.0452 e. The van der Waals surface area contributed by atoms with Crippen LogP contribution in [0, 0.1) is 5.92 Å². The fourth-order valence-corrected chi connectivity index (χ4v) is 2.46. The van der Waals surface area contributed by atoms with Gasteiger partial charge in [0.05, 0.1) is 0 Å². The van der Waals surface area contributed by atoms with Gasteiger partial charge in [0.25, 0.3) is 0 Å². The van der Waals surface area contributed by atoms with E-state index in [1.807, 2.05) is 18.2 Å². The van der Waals surface area contributed by atoms with Crippen LogP contribution in [-0.2, 0) is 6.42 Å². The van der Waals surface area contributed by atoms with Crippen LogP contribution in [0.3, 0.4) is 0 Å². The highest BCUT2D eigenvalue weighted by atomic mass is 35.5. The summed E-state index contributed by atoms with van der Waals surface area (Å²) in [5.74, 6) is 0.687. The van der Waals surface area contributed by atoms with E-state index in [0.29, 0.717) is 5.92 Å². The molecule has 1 N–H and O–H groups in total. The highest BCUT2D eigenvalue weighted by Crippen LogP contribution is 2.28. The number of halogens is 2. The van der Waals surface area contributed by atoms with Crippen molar-refractivity contribution in [1.29, 1.82) is 0 Å². The second-order valence-electron chi connectivity index (χ2n) is 3.76. The summed E-state index contributed by atoms with van der Waals surface area (Å²) in [6.45, 7) is 2.20. The zero-order valence-corrected chi connectivity index (χ0v) is 9.41. The van der Waals surface area contributed by atoms with Crippen LogP contribution in [-0.4, -0.2) is 13.1 Å². The van der Waals surface area contributed by atoms with Gasteiger partial charge in [0.1, 0.15) is 0 Å². The Bertz CT molecular complexity index is 299. The predicted molar refractivity (Wildman–Crippen MR) is 61.1 cm³/mol. The van der Waals surface area contributed by atoms with Gasteiger partial charge < -0.3 is 5.32 Å². The molecule has 0 radical (unpaired) electrons. The summed E-state index contributed by atoms with van der Waals surface area (Å²) in [5, 5.41) is 4.94. The van der Waals surface area contributed by atoms with E-state index in [9.17, 15) is 0 Å². The van der Waals surface area contributed by atoms with Crippen molar-refractivity contribution in [3.05, 3.63) is 33.8 Å². The molecule has 1 aromatic carbocycles. The molecule has 1 nitrogen and oxygen atoms in total. The van der Waals surface area contributed by atoms with Gasteiger partial charge >= 0.3 is 0 Å². The van der Waals surface area contributed by atoms with Crippen LogP contribution in [0.25, 0.3) is 0 Å². The van der Waals surface area contributed by atoms with Crippen molar-refractivity contribution in [1.82, 2.24) is 5.32 Å². The molecule has 14 heavy (non-hydrogen) atoms. The Hall–Kier alpha value is -0.240. The molecule has 2 rings (SSSR count). The Labute approximate surface area is 94.4 Å². The van der Waals surface area contributed by atoms with Gasteiger partial charge in [-0.05, 0) is 49.5 Å². The van der Waals surface area contributed by atoms with Gasteiger partial charge in [-0.2, -0.15) is 0 Å².